The van der Waals surface area contributed by atoms with E-state index in [0.29, 0.717) is 23.0 Å². The van der Waals surface area contributed by atoms with Gasteiger partial charge in [-0.2, -0.15) is 0 Å². The number of carbonyl (C=O) groups excluding carboxylic acids is 1. The first kappa shape index (κ1) is 17.4. The summed E-state index contributed by atoms with van der Waals surface area (Å²) in [5.74, 6) is -0.0247. The first-order valence-corrected chi connectivity index (χ1v) is 11.0. The van der Waals surface area contributed by atoms with Gasteiger partial charge in [-0.25, -0.2) is 8.42 Å². The lowest BCUT2D eigenvalue weighted by Crippen LogP contribution is -2.35. The zero-order chi connectivity index (χ0) is 18.5. The predicted octanol–water partition coefficient (Wildman–Crippen LogP) is 3.43. The average Bonchev–Trinajstić information content (AvgIpc) is 2.92. The number of hydrogen-bond donors (Lipinski definition) is 1. The summed E-state index contributed by atoms with van der Waals surface area (Å²) in [6.07, 6.45) is 1.04. The summed E-state index contributed by atoms with van der Waals surface area (Å²) in [4.78, 5) is 15.3. The normalized spacial score (nSPS) is 18.8. The Balaban J connectivity index is 1.73. The second-order valence-electron chi connectivity index (χ2n) is 6.65. The number of thioether (sulfide) groups is 1. The maximum Gasteiger partial charge on any atom is 0.262 e. The number of aryl methyl sites for hydroxylation is 1. The molecule has 0 radical (unpaired) electrons. The van der Waals surface area contributed by atoms with Crippen LogP contribution in [0.5, 0.6) is 0 Å². The first-order chi connectivity index (χ1) is 12.4. The molecule has 4 rings (SSSR count). The third-order valence-corrected chi connectivity index (χ3v) is 7.37. The molecular formula is C19H20N2O3S2. The van der Waals surface area contributed by atoms with Crippen molar-refractivity contribution in [2.75, 3.05) is 16.2 Å². The molecule has 1 unspecified atom stereocenters. The van der Waals surface area contributed by atoms with Crippen LogP contribution in [0.1, 0.15) is 25.0 Å². The molecule has 2 heterocycles. The fourth-order valence-corrected chi connectivity index (χ4v) is 5.95. The second kappa shape index (κ2) is 6.32. The summed E-state index contributed by atoms with van der Waals surface area (Å²) in [7, 11) is -3.76. The maximum atomic E-state index is 13.0. The Morgan fingerprint density at radius 2 is 1.92 bits per heavy atom. The highest BCUT2D eigenvalue weighted by molar-refractivity contribution is 8.00. The van der Waals surface area contributed by atoms with Crippen LogP contribution in [0.15, 0.2) is 46.2 Å². The van der Waals surface area contributed by atoms with Crippen molar-refractivity contribution in [3.05, 3.63) is 47.5 Å². The summed E-state index contributed by atoms with van der Waals surface area (Å²) in [6.45, 7) is 4.75. The van der Waals surface area contributed by atoms with Crippen LogP contribution in [0.4, 0.5) is 11.4 Å². The standard InChI is InChI=1S/C19H20N2O3S2/c1-3-13-4-6-14(7-5-13)20-26(23,24)17-9-8-16-19-15(17)10-18(22)21(19)11-12(2)25-16/h4-9,12,20H,3,10-11H2,1-2H3. The van der Waals surface area contributed by atoms with Crippen molar-refractivity contribution in [3.63, 3.8) is 0 Å². The molecule has 7 heteroatoms. The molecule has 0 saturated heterocycles. The Hall–Kier alpha value is -1.99. The van der Waals surface area contributed by atoms with Crippen molar-refractivity contribution in [2.45, 2.75) is 41.7 Å². The van der Waals surface area contributed by atoms with Crippen LogP contribution in [0, 0.1) is 0 Å². The number of nitrogens with one attached hydrogen (secondary N) is 1. The number of carbonyl (C=O) groups is 1. The highest BCUT2D eigenvalue weighted by Crippen LogP contribution is 2.46. The van der Waals surface area contributed by atoms with Crippen LogP contribution in [-0.2, 0) is 27.7 Å². The SMILES string of the molecule is CCc1ccc(NS(=O)(=O)c2ccc3c4c2CC(=O)N4CC(C)S3)cc1. The molecule has 1 N–H and O–H groups in total. The molecule has 0 fully saturated rings. The van der Waals surface area contributed by atoms with Crippen LogP contribution >= 0.6 is 11.8 Å². The molecule has 136 valence electrons. The summed E-state index contributed by atoms with van der Waals surface area (Å²) in [5.41, 5.74) is 3.07. The van der Waals surface area contributed by atoms with Crippen LogP contribution < -0.4 is 9.62 Å². The minimum absolute atomic E-state index is 0.0247. The van der Waals surface area contributed by atoms with Gasteiger partial charge in [-0.15, -0.1) is 11.8 Å². The molecule has 0 spiro atoms. The van der Waals surface area contributed by atoms with Gasteiger partial charge in [0, 0.05) is 27.9 Å². The number of anilines is 2. The Morgan fingerprint density at radius 1 is 1.19 bits per heavy atom. The number of hydrogen-bond acceptors (Lipinski definition) is 4. The zero-order valence-corrected chi connectivity index (χ0v) is 16.3. The monoisotopic (exact) mass is 388 g/mol. The molecule has 2 aromatic carbocycles. The molecular weight excluding hydrogens is 368 g/mol. The molecule has 26 heavy (non-hydrogen) atoms. The third kappa shape index (κ3) is 2.89. The maximum absolute atomic E-state index is 13.0. The molecule has 2 aliphatic rings. The Bertz CT molecular complexity index is 985. The summed E-state index contributed by atoms with van der Waals surface area (Å²) in [6, 6.07) is 10.8. The third-order valence-electron chi connectivity index (χ3n) is 4.77. The van der Waals surface area contributed by atoms with Crippen LogP contribution in [0.25, 0.3) is 0 Å². The fourth-order valence-electron chi connectivity index (χ4n) is 3.50. The lowest BCUT2D eigenvalue weighted by molar-refractivity contribution is -0.117. The molecule has 1 amide bonds. The fraction of sp³-hybridized carbons (Fsp3) is 0.316. The lowest BCUT2D eigenvalue weighted by atomic mass is 10.1. The van der Waals surface area contributed by atoms with Crippen LogP contribution in [0.2, 0.25) is 0 Å². The van der Waals surface area contributed by atoms with E-state index in [9.17, 15) is 13.2 Å². The van der Waals surface area contributed by atoms with Crippen molar-refractivity contribution in [1.29, 1.82) is 0 Å². The van der Waals surface area contributed by atoms with E-state index in [2.05, 4.69) is 18.6 Å². The van der Waals surface area contributed by atoms with E-state index in [1.165, 1.54) is 0 Å². The summed E-state index contributed by atoms with van der Waals surface area (Å²) < 4.78 is 28.6. The van der Waals surface area contributed by atoms with Crippen molar-refractivity contribution >= 4 is 39.1 Å². The lowest BCUT2D eigenvalue weighted by Gasteiger charge is -2.29. The van der Waals surface area contributed by atoms with Gasteiger partial charge in [0.2, 0.25) is 5.91 Å². The predicted molar refractivity (Wildman–Crippen MR) is 104 cm³/mol. The average molecular weight is 389 g/mol. The minimum atomic E-state index is -3.76. The molecule has 0 aliphatic carbocycles. The largest absolute Gasteiger partial charge is 0.310 e. The van der Waals surface area contributed by atoms with Gasteiger partial charge in [0.05, 0.1) is 17.0 Å². The zero-order valence-electron chi connectivity index (χ0n) is 14.7. The van der Waals surface area contributed by atoms with Crippen molar-refractivity contribution in [3.8, 4) is 0 Å². The van der Waals surface area contributed by atoms with Gasteiger partial charge >= 0.3 is 0 Å². The van der Waals surface area contributed by atoms with E-state index in [0.717, 1.165) is 22.6 Å². The summed E-state index contributed by atoms with van der Waals surface area (Å²) >= 11 is 1.69. The van der Waals surface area contributed by atoms with Gasteiger partial charge in [0.25, 0.3) is 10.0 Å². The Labute approximate surface area is 157 Å². The Kier molecular flexibility index (Phi) is 4.23. The second-order valence-corrected chi connectivity index (χ2v) is 9.79. The Morgan fingerprint density at radius 3 is 2.62 bits per heavy atom. The molecule has 5 nitrogen and oxygen atoms in total. The quantitative estimate of drug-likeness (QED) is 0.871. The van der Waals surface area contributed by atoms with E-state index in [4.69, 9.17) is 0 Å². The minimum Gasteiger partial charge on any atom is -0.310 e. The van der Waals surface area contributed by atoms with Gasteiger partial charge in [0.15, 0.2) is 0 Å². The topological polar surface area (TPSA) is 66.5 Å². The van der Waals surface area contributed by atoms with E-state index in [1.807, 2.05) is 18.2 Å². The number of amides is 1. The number of benzene rings is 2. The number of rotatable bonds is 4. The van der Waals surface area contributed by atoms with Crippen molar-refractivity contribution in [2.24, 2.45) is 0 Å². The highest BCUT2D eigenvalue weighted by atomic mass is 32.2. The summed E-state index contributed by atoms with van der Waals surface area (Å²) in [5, 5.41) is 0.301. The molecule has 0 bridgehead atoms. The first-order valence-electron chi connectivity index (χ1n) is 8.63. The van der Waals surface area contributed by atoms with Gasteiger partial charge < -0.3 is 4.90 Å². The molecule has 0 aromatic heterocycles. The van der Waals surface area contributed by atoms with E-state index >= 15 is 0 Å². The van der Waals surface area contributed by atoms with Gasteiger partial charge in [-0.1, -0.05) is 26.0 Å². The van der Waals surface area contributed by atoms with Gasteiger partial charge in [0.1, 0.15) is 0 Å². The number of nitrogens with zero attached hydrogens (tertiary/aromatic N) is 1. The van der Waals surface area contributed by atoms with E-state index in [1.54, 1.807) is 34.9 Å². The van der Waals surface area contributed by atoms with Crippen molar-refractivity contribution in [1.82, 2.24) is 0 Å². The van der Waals surface area contributed by atoms with Crippen LogP contribution in [0.3, 0.4) is 0 Å². The molecule has 2 aliphatic heterocycles. The molecule has 2 aromatic rings. The highest BCUT2D eigenvalue weighted by Gasteiger charge is 2.38. The smallest absolute Gasteiger partial charge is 0.262 e. The van der Waals surface area contributed by atoms with E-state index < -0.39 is 10.0 Å². The van der Waals surface area contributed by atoms with Gasteiger partial charge in [-0.05, 0) is 36.2 Å². The van der Waals surface area contributed by atoms with Crippen LogP contribution in [-0.4, -0.2) is 26.1 Å². The van der Waals surface area contributed by atoms with E-state index in [-0.39, 0.29) is 17.2 Å². The molecule has 1 atom stereocenters. The number of sulfonamides is 1. The van der Waals surface area contributed by atoms with Gasteiger partial charge in [-0.3, -0.25) is 9.52 Å². The molecule has 0 saturated carbocycles. The van der Waals surface area contributed by atoms with Crippen molar-refractivity contribution < 1.29 is 13.2 Å².